The second kappa shape index (κ2) is 6.56. The topological polar surface area (TPSA) is 45.7 Å². The van der Waals surface area contributed by atoms with E-state index in [1.807, 2.05) is 7.05 Å². The van der Waals surface area contributed by atoms with Crippen LogP contribution in [0.25, 0.3) is 0 Å². The molecule has 4 heteroatoms. The van der Waals surface area contributed by atoms with Crippen LogP contribution in [-0.4, -0.2) is 37.8 Å². The summed E-state index contributed by atoms with van der Waals surface area (Å²) >= 11 is 0. The summed E-state index contributed by atoms with van der Waals surface area (Å²) in [4.78, 5) is 4.49. The van der Waals surface area contributed by atoms with Gasteiger partial charge in [-0.3, -0.25) is 4.99 Å². The summed E-state index contributed by atoms with van der Waals surface area (Å²) in [6, 6.07) is 10.1. The Labute approximate surface area is 157 Å². The monoisotopic (exact) mass is 355 g/mol. The highest BCUT2D eigenvalue weighted by molar-refractivity contribution is 5.81. The summed E-state index contributed by atoms with van der Waals surface area (Å²) in [6.45, 7) is 10.0. The molecule has 5 atom stereocenters. The van der Waals surface area contributed by atoms with E-state index in [9.17, 15) is 0 Å². The maximum atomic E-state index is 5.91. The van der Waals surface area contributed by atoms with Crippen molar-refractivity contribution < 1.29 is 4.74 Å². The Morgan fingerprint density at radius 3 is 2.58 bits per heavy atom. The van der Waals surface area contributed by atoms with Crippen molar-refractivity contribution in [3.8, 4) is 0 Å². The van der Waals surface area contributed by atoms with Gasteiger partial charge in [0.05, 0.1) is 6.10 Å². The number of ether oxygens (including phenoxy) is 1. The molecule has 2 N–H and O–H groups in total. The highest BCUT2D eigenvalue weighted by Gasteiger charge is 2.59. The van der Waals surface area contributed by atoms with Crippen LogP contribution in [0.2, 0.25) is 0 Å². The number of fused-ring (bicyclic) bond motifs is 1. The molecule has 142 valence electrons. The Morgan fingerprint density at radius 1 is 1.19 bits per heavy atom. The molecule has 3 fully saturated rings. The average Bonchev–Trinajstić information content (AvgIpc) is 3.23. The van der Waals surface area contributed by atoms with Crippen LogP contribution in [0.3, 0.4) is 0 Å². The van der Waals surface area contributed by atoms with E-state index in [1.54, 1.807) is 0 Å². The highest BCUT2D eigenvalue weighted by Crippen LogP contribution is 2.52. The number of hydrogen-bond acceptors (Lipinski definition) is 2. The lowest BCUT2D eigenvalue weighted by molar-refractivity contribution is -0.106. The molecule has 26 heavy (non-hydrogen) atoms. The molecule has 4 nitrogen and oxygen atoms in total. The molecule has 0 aromatic heterocycles. The summed E-state index contributed by atoms with van der Waals surface area (Å²) in [5.74, 6) is 2.77. The van der Waals surface area contributed by atoms with Gasteiger partial charge >= 0.3 is 0 Å². The highest BCUT2D eigenvalue weighted by atomic mass is 16.5. The van der Waals surface area contributed by atoms with Gasteiger partial charge in [-0.15, -0.1) is 0 Å². The van der Waals surface area contributed by atoms with Gasteiger partial charge in [-0.1, -0.05) is 52.0 Å². The molecule has 1 aromatic rings. The summed E-state index contributed by atoms with van der Waals surface area (Å²) in [6.07, 6.45) is 2.76. The van der Waals surface area contributed by atoms with Gasteiger partial charge in [-0.05, 0) is 29.9 Å². The van der Waals surface area contributed by atoms with Crippen molar-refractivity contribution in [3.05, 3.63) is 35.4 Å². The third-order valence-electron chi connectivity index (χ3n) is 6.76. The minimum Gasteiger partial charge on any atom is -0.377 e. The van der Waals surface area contributed by atoms with E-state index in [0.717, 1.165) is 19.0 Å². The Kier molecular flexibility index (Phi) is 4.50. The number of nitrogens with one attached hydrogen (secondary N) is 2. The summed E-state index contributed by atoms with van der Waals surface area (Å²) in [5.41, 5.74) is 3.03. The van der Waals surface area contributed by atoms with Gasteiger partial charge in [0.15, 0.2) is 5.96 Å². The predicted octanol–water partition coefficient (Wildman–Crippen LogP) is 3.64. The second-order valence-corrected chi connectivity index (χ2v) is 9.17. The fourth-order valence-electron chi connectivity index (χ4n) is 4.96. The van der Waals surface area contributed by atoms with E-state index in [1.165, 1.54) is 17.5 Å². The van der Waals surface area contributed by atoms with Gasteiger partial charge < -0.3 is 15.4 Å². The maximum absolute atomic E-state index is 5.91. The quantitative estimate of drug-likeness (QED) is 0.640. The third-order valence-corrected chi connectivity index (χ3v) is 6.76. The minimum absolute atomic E-state index is 0.175. The molecular weight excluding hydrogens is 322 g/mol. The lowest BCUT2D eigenvalue weighted by Crippen LogP contribution is -2.68. The molecule has 0 amide bonds. The molecule has 0 spiro atoms. The van der Waals surface area contributed by atoms with Crippen molar-refractivity contribution >= 4 is 5.96 Å². The first-order chi connectivity index (χ1) is 12.4. The van der Waals surface area contributed by atoms with Crippen molar-refractivity contribution in [2.24, 2.45) is 16.3 Å². The van der Waals surface area contributed by atoms with Crippen LogP contribution in [0.4, 0.5) is 0 Å². The number of nitrogens with zero attached hydrogens (tertiary/aromatic N) is 1. The molecular formula is C22H33N3O. The SMILES string of the molecule is CN=C(NC1CC1c1ccc(C(C)C)cc1)NC1C2CCOC2C1(C)C. The van der Waals surface area contributed by atoms with E-state index in [0.29, 0.717) is 35.9 Å². The van der Waals surface area contributed by atoms with E-state index >= 15 is 0 Å². The predicted molar refractivity (Wildman–Crippen MR) is 107 cm³/mol. The molecule has 2 aliphatic carbocycles. The zero-order valence-corrected chi connectivity index (χ0v) is 16.8. The molecule has 1 saturated heterocycles. The number of aliphatic imine (C=N–C) groups is 1. The normalized spacial score (nSPS) is 35.0. The molecule has 1 aromatic carbocycles. The number of hydrogen-bond donors (Lipinski definition) is 2. The van der Waals surface area contributed by atoms with Gasteiger partial charge in [0, 0.05) is 43.0 Å². The van der Waals surface area contributed by atoms with Crippen molar-refractivity contribution in [1.82, 2.24) is 10.6 Å². The van der Waals surface area contributed by atoms with Crippen LogP contribution in [0, 0.1) is 11.3 Å². The van der Waals surface area contributed by atoms with E-state index < -0.39 is 0 Å². The van der Waals surface area contributed by atoms with Gasteiger partial charge in [-0.2, -0.15) is 0 Å². The first kappa shape index (κ1) is 17.8. The summed E-state index contributed by atoms with van der Waals surface area (Å²) in [5, 5.41) is 7.33. The minimum atomic E-state index is 0.175. The van der Waals surface area contributed by atoms with Crippen molar-refractivity contribution in [2.45, 2.75) is 70.6 Å². The molecule has 0 radical (unpaired) electrons. The molecule has 2 saturated carbocycles. The Hall–Kier alpha value is -1.55. The molecule has 1 aliphatic heterocycles. The fraction of sp³-hybridized carbons (Fsp3) is 0.682. The van der Waals surface area contributed by atoms with Gasteiger partial charge in [0.2, 0.25) is 0 Å². The Morgan fingerprint density at radius 2 is 1.92 bits per heavy atom. The standard InChI is InChI=1S/C22H33N3O/c1-13(2)14-6-8-15(9-7-14)17-12-18(17)24-21(23-5)25-19-16-10-11-26-20(16)22(19,3)4/h6-9,13,16-20H,10-12H2,1-5H3,(H2,23,24,25). The van der Waals surface area contributed by atoms with Crippen LogP contribution in [0.5, 0.6) is 0 Å². The van der Waals surface area contributed by atoms with Crippen molar-refractivity contribution in [1.29, 1.82) is 0 Å². The van der Waals surface area contributed by atoms with Gasteiger partial charge in [0.1, 0.15) is 0 Å². The molecule has 0 bridgehead atoms. The fourth-order valence-corrected chi connectivity index (χ4v) is 4.96. The molecule has 4 rings (SSSR count). The zero-order valence-electron chi connectivity index (χ0n) is 16.8. The lowest BCUT2D eigenvalue weighted by Gasteiger charge is -2.54. The molecule has 3 aliphatic rings. The largest absolute Gasteiger partial charge is 0.377 e. The van der Waals surface area contributed by atoms with E-state index in [2.05, 4.69) is 67.6 Å². The summed E-state index contributed by atoms with van der Waals surface area (Å²) < 4.78 is 5.91. The first-order valence-electron chi connectivity index (χ1n) is 10.1. The van der Waals surface area contributed by atoms with Crippen molar-refractivity contribution in [3.63, 3.8) is 0 Å². The van der Waals surface area contributed by atoms with E-state index in [-0.39, 0.29) is 5.41 Å². The number of benzene rings is 1. The Bertz CT molecular complexity index is 679. The van der Waals surface area contributed by atoms with Crippen molar-refractivity contribution in [2.75, 3.05) is 13.7 Å². The average molecular weight is 356 g/mol. The summed E-state index contributed by atoms with van der Waals surface area (Å²) in [7, 11) is 1.87. The first-order valence-corrected chi connectivity index (χ1v) is 10.1. The van der Waals surface area contributed by atoms with E-state index in [4.69, 9.17) is 4.74 Å². The van der Waals surface area contributed by atoms with Crippen LogP contribution < -0.4 is 10.6 Å². The van der Waals surface area contributed by atoms with Crippen LogP contribution in [0.15, 0.2) is 29.3 Å². The molecule has 5 unspecified atom stereocenters. The number of rotatable bonds is 4. The van der Waals surface area contributed by atoms with Crippen LogP contribution >= 0.6 is 0 Å². The lowest BCUT2D eigenvalue weighted by atomic mass is 9.57. The van der Waals surface area contributed by atoms with Crippen LogP contribution in [-0.2, 0) is 4.74 Å². The Balaban J connectivity index is 1.34. The third kappa shape index (κ3) is 3.02. The number of guanidine groups is 1. The molecule has 1 heterocycles. The maximum Gasteiger partial charge on any atom is 0.191 e. The second-order valence-electron chi connectivity index (χ2n) is 9.17. The van der Waals surface area contributed by atoms with Gasteiger partial charge in [-0.25, -0.2) is 0 Å². The van der Waals surface area contributed by atoms with Gasteiger partial charge in [0.25, 0.3) is 0 Å². The van der Waals surface area contributed by atoms with Crippen LogP contribution in [0.1, 0.15) is 63.5 Å². The smallest absolute Gasteiger partial charge is 0.191 e. The zero-order chi connectivity index (χ0) is 18.5.